The summed E-state index contributed by atoms with van der Waals surface area (Å²) in [6.45, 7) is 0. The van der Waals surface area contributed by atoms with E-state index in [0.29, 0.717) is 16.1 Å². The largest absolute Gasteiger partial charge is 0.472 e. The molecule has 0 aliphatic heterocycles. The molecule has 0 fully saturated rings. The van der Waals surface area contributed by atoms with Gasteiger partial charge in [-0.1, -0.05) is 35.9 Å². The van der Waals surface area contributed by atoms with Gasteiger partial charge in [-0.05, 0) is 60.6 Å². The zero-order valence-corrected chi connectivity index (χ0v) is 16.8. The second kappa shape index (κ2) is 9.92. The van der Waals surface area contributed by atoms with Gasteiger partial charge in [-0.2, -0.15) is 0 Å². The predicted octanol–water partition coefficient (Wildman–Crippen LogP) is 2.21. The lowest BCUT2D eigenvalue weighted by molar-refractivity contribution is -0.121. The van der Waals surface area contributed by atoms with E-state index in [0.717, 1.165) is 31.2 Å². The number of carbonyl (C=O) groups is 2. The fraction of sp³-hybridized carbons (Fsp3) is 0.333. The number of fused-ring (bicyclic) bond motifs is 1. The molecule has 3 rings (SSSR count). The summed E-state index contributed by atoms with van der Waals surface area (Å²) in [5.74, 6) is -0.637. The highest BCUT2D eigenvalue weighted by Gasteiger charge is 2.23. The van der Waals surface area contributed by atoms with Gasteiger partial charge in [0.1, 0.15) is 0 Å². The van der Waals surface area contributed by atoms with E-state index < -0.39 is 19.1 Å². The van der Waals surface area contributed by atoms with Crippen LogP contribution in [0.4, 0.5) is 0 Å². The molecular weight excluding hydrogens is 391 g/mol. The van der Waals surface area contributed by atoms with Gasteiger partial charge in [-0.3, -0.25) is 9.59 Å². The van der Waals surface area contributed by atoms with Gasteiger partial charge in [0.15, 0.2) is 0 Å². The molecule has 0 radical (unpaired) electrons. The lowest BCUT2D eigenvalue weighted by atomic mass is 9.88. The molecule has 2 aromatic rings. The zero-order valence-electron chi connectivity index (χ0n) is 16.0. The normalized spacial score (nSPS) is 13.9. The molecule has 2 amide bonds. The molecule has 4 N–H and O–H groups in total. The highest BCUT2D eigenvalue weighted by Crippen LogP contribution is 2.26. The molecule has 0 saturated heterocycles. The molecule has 0 spiro atoms. The van der Waals surface area contributed by atoms with E-state index >= 15 is 0 Å². The summed E-state index contributed by atoms with van der Waals surface area (Å²) in [5, 5.41) is 23.8. The zero-order chi connectivity index (χ0) is 20.8. The molecule has 2 aromatic carbocycles. The van der Waals surface area contributed by atoms with Gasteiger partial charge in [-0.15, -0.1) is 0 Å². The van der Waals surface area contributed by atoms with Crippen LogP contribution in [0.15, 0.2) is 42.5 Å². The predicted molar refractivity (Wildman–Crippen MR) is 113 cm³/mol. The Kier molecular flexibility index (Phi) is 7.31. The second-order valence-corrected chi connectivity index (χ2v) is 7.66. The SMILES string of the molecule is O=C(CC(NC(=O)c1cccc2c1CCCC2)c1cccc(Cl)c1)NCB(O)O. The minimum Gasteiger partial charge on any atom is -0.426 e. The number of nitrogens with one attached hydrogen (secondary N) is 2. The van der Waals surface area contributed by atoms with Crippen molar-refractivity contribution in [2.75, 3.05) is 6.44 Å². The van der Waals surface area contributed by atoms with Crippen LogP contribution in [-0.4, -0.2) is 35.4 Å². The van der Waals surface area contributed by atoms with Crippen molar-refractivity contribution in [3.63, 3.8) is 0 Å². The molecule has 0 heterocycles. The molecule has 1 unspecified atom stereocenters. The van der Waals surface area contributed by atoms with Crippen LogP contribution in [-0.2, 0) is 17.6 Å². The van der Waals surface area contributed by atoms with Crippen molar-refractivity contribution in [1.82, 2.24) is 10.6 Å². The third-order valence-electron chi connectivity index (χ3n) is 5.07. The third-order valence-corrected chi connectivity index (χ3v) is 5.30. The molecule has 1 aliphatic carbocycles. The minimum absolute atomic E-state index is 0.0478. The summed E-state index contributed by atoms with van der Waals surface area (Å²) < 4.78 is 0. The van der Waals surface area contributed by atoms with Crippen LogP contribution in [0, 0.1) is 0 Å². The van der Waals surface area contributed by atoms with Crippen LogP contribution >= 0.6 is 11.6 Å². The Morgan fingerprint density at radius 2 is 1.86 bits per heavy atom. The maximum absolute atomic E-state index is 13.1. The summed E-state index contributed by atoms with van der Waals surface area (Å²) in [7, 11) is -1.63. The molecule has 1 atom stereocenters. The number of rotatable bonds is 7. The highest BCUT2D eigenvalue weighted by atomic mass is 35.5. The Morgan fingerprint density at radius 3 is 2.62 bits per heavy atom. The molecule has 1 aliphatic rings. The van der Waals surface area contributed by atoms with Crippen LogP contribution in [0.2, 0.25) is 5.02 Å². The highest BCUT2D eigenvalue weighted by molar-refractivity contribution is 6.41. The summed E-state index contributed by atoms with van der Waals surface area (Å²) in [5.41, 5.74) is 3.63. The van der Waals surface area contributed by atoms with Crippen LogP contribution in [0.5, 0.6) is 0 Å². The van der Waals surface area contributed by atoms with E-state index in [1.165, 1.54) is 5.56 Å². The maximum Gasteiger partial charge on any atom is 0.472 e. The van der Waals surface area contributed by atoms with Gasteiger partial charge in [-0.25, -0.2) is 0 Å². The molecule has 152 valence electrons. The van der Waals surface area contributed by atoms with Crippen LogP contribution < -0.4 is 10.6 Å². The van der Waals surface area contributed by atoms with Gasteiger partial charge in [0.25, 0.3) is 5.91 Å². The Balaban J connectivity index is 1.81. The smallest absolute Gasteiger partial charge is 0.426 e. The monoisotopic (exact) mass is 414 g/mol. The van der Waals surface area contributed by atoms with Gasteiger partial charge in [0.2, 0.25) is 5.91 Å². The average molecular weight is 415 g/mol. The Morgan fingerprint density at radius 1 is 1.10 bits per heavy atom. The summed E-state index contributed by atoms with van der Waals surface area (Å²) in [6, 6.07) is 12.2. The molecule has 6 nitrogen and oxygen atoms in total. The van der Waals surface area contributed by atoms with Gasteiger partial charge >= 0.3 is 7.12 Å². The first-order chi connectivity index (χ1) is 13.9. The second-order valence-electron chi connectivity index (χ2n) is 7.22. The fourth-order valence-electron chi connectivity index (χ4n) is 3.67. The first kappa shape index (κ1) is 21.4. The van der Waals surface area contributed by atoms with E-state index in [1.54, 1.807) is 24.3 Å². The lowest BCUT2D eigenvalue weighted by Gasteiger charge is -2.22. The Labute approximate surface area is 175 Å². The Bertz CT molecular complexity index is 891. The number of carbonyl (C=O) groups excluding carboxylic acids is 2. The number of benzene rings is 2. The number of amides is 2. The van der Waals surface area contributed by atoms with Crippen molar-refractivity contribution in [2.45, 2.75) is 38.1 Å². The lowest BCUT2D eigenvalue weighted by Crippen LogP contribution is -2.38. The number of hydrogen-bond acceptors (Lipinski definition) is 4. The standard InChI is InChI=1S/C21H24BClN2O4/c23-16-8-3-7-15(11-16)19(12-20(26)24-13-22(28)29)25-21(27)18-10-4-6-14-5-1-2-9-17(14)18/h3-4,6-8,10-11,19,28-29H,1-2,5,9,12-13H2,(H,24,26)(H,25,27). The van der Waals surface area contributed by atoms with Crippen molar-refractivity contribution < 1.29 is 19.6 Å². The molecule has 0 aromatic heterocycles. The van der Waals surface area contributed by atoms with Crippen molar-refractivity contribution in [3.05, 3.63) is 69.7 Å². The number of hydrogen-bond donors (Lipinski definition) is 4. The van der Waals surface area contributed by atoms with Gasteiger partial charge in [0.05, 0.1) is 18.9 Å². The van der Waals surface area contributed by atoms with Crippen molar-refractivity contribution >= 4 is 30.5 Å². The Hall–Kier alpha value is -2.35. The summed E-state index contributed by atoms with van der Waals surface area (Å²) in [4.78, 5) is 25.3. The molecule has 0 saturated carbocycles. The number of halogens is 1. The van der Waals surface area contributed by atoms with E-state index in [-0.39, 0.29) is 18.8 Å². The van der Waals surface area contributed by atoms with Gasteiger partial charge < -0.3 is 20.7 Å². The van der Waals surface area contributed by atoms with E-state index in [4.69, 9.17) is 21.6 Å². The van der Waals surface area contributed by atoms with E-state index in [2.05, 4.69) is 16.7 Å². The van der Waals surface area contributed by atoms with E-state index in [9.17, 15) is 9.59 Å². The first-order valence-electron chi connectivity index (χ1n) is 9.74. The quantitative estimate of drug-likeness (QED) is 0.522. The number of aryl methyl sites for hydroxylation is 1. The molecule has 0 bridgehead atoms. The first-order valence-corrected chi connectivity index (χ1v) is 10.1. The van der Waals surface area contributed by atoms with Crippen LogP contribution in [0.25, 0.3) is 0 Å². The summed E-state index contributed by atoms with van der Waals surface area (Å²) >= 11 is 6.10. The molecule has 8 heteroatoms. The third kappa shape index (κ3) is 5.82. The van der Waals surface area contributed by atoms with Gasteiger partial charge in [0, 0.05) is 10.6 Å². The van der Waals surface area contributed by atoms with Crippen LogP contribution in [0.3, 0.4) is 0 Å². The minimum atomic E-state index is -1.63. The topological polar surface area (TPSA) is 98.7 Å². The molecule has 29 heavy (non-hydrogen) atoms. The maximum atomic E-state index is 13.1. The average Bonchev–Trinajstić information content (AvgIpc) is 2.71. The van der Waals surface area contributed by atoms with Crippen molar-refractivity contribution in [3.8, 4) is 0 Å². The van der Waals surface area contributed by atoms with Crippen LogP contribution in [0.1, 0.15) is 52.4 Å². The summed E-state index contributed by atoms with van der Waals surface area (Å²) in [6.07, 6.45) is 3.70. The molecular formula is C21H24BClN2O4. The fourth-order valence-corrected chi connectivity index (χ4v) is 3.87. The van der Waals surface area contributed by atoms with E-state index in [1.807, 2.05) is 12.1 Å². The van der Waals surface area contributed by atoms with Crippen molar-refractivity contribution in [2.24, 2.45) is 0 Å². The van der Waals surface area contributed by atoms with Crippen molar-refractivity contribution in [1.29, 1.82) is 0 Å².